The summed E-state index contributed by atoms with van der Waals surface area (Å²) in [5.74, 6) is 0.376. The van der Waals surface area contributed by atoms with Crippen LogP contribution >= 0.6 is 0 Å². The lowest BCUT2D eigenvalue weighted by molar-refractivity contribution is 0.0514. The van der Waals surface area contributed by atoms with Crippen molar-refractivity contribution in [1.82, 2.24) is 9.78 Å². The maximum Gasteiger partial charge on any atom is 0.435 e. The molecular formula is C29H36N2O3Si. The summed E-state index contributed by atoms with van der Waals surface area (Å²) < 4.78 is 13.7. The number of nitrogens with zero attached hydrogens (tertiary/aromatic N) is 2. The van der Waals surface area contributed by atoms with Gasteiger partial charge >= 0.3 is 6.09 Å². The largest absolute Gasteiger partial charge is 0.442 e. The zero-order chi connectivity index (χ0) is 25.3. The Kier molecular flexibility index (Phi) is 6.89. The van der Waals surface area contributed by atoms with Crippen LogP contribution < -0.4 is 10.4 Å². The summed E-state index contributed by atoms with van der Waals surface area (Å²) in [4.78, 5) is 12.3. The first-order valence-electron chi connectivity index (χ1n) is 12.2. The molecule has 4 rings (SSSR count). The molecule has 0 bridgehead atoms. The monoisotopic (exact) mass is 488 g/mol. The maximum absolute atomic E-state index is 12.3. The summed E-state index contributed by atoms with van der Waals surface area (Å²) in [7, 11) is -2.53. The minimum atomic E-state index is -2.53. The van der Waals surface area contributed by atoms with E-state index < -0.39 is 20.0 Å². The predicted molar refractivity (Wildman–Crippen MR) is 144 cm³/mol. The molecule has 5 nitrogen and oxygen atoms in total. The van der Waals surface area contributed by atoms with Crippen LogP contribution in [-0.2, 0) is 9.16 Å². The molecule has 0 radical (unpaired) electrons. The minimum Gasteiger partial charge on any atom is -0.442 e. The fourth-order valence-corrected chi connectivity index (χ4v) is 9.20. The fourth-order valence-electron chi connectivity index (χ4n) is 4.59. The molecule has 1 atom stereocenters. The van der Waals surface area contributed by atoms with Crippen molar-refractivity contribution in [3.63, 3.8) is 0 Å². The minimum absolute atomic E-state index is 0.0387. The Hall–Kier alpha value is -2.96. The zero-order valence-electron chi connectivity index (χ0n) is 21.6. The van der Waals surface area contributed by atoms with E-state index in [9.17, 15) is 4.79 Å². The summed E-state index contributed by atoms with van der Waals surface area (Å²) in [5, 5.41) is 6.73. The van der Waals surface area contributed by atoms with E-state index >= 15 is 0 Å². The molecule has 35 heavy (non-hydrogen) atoms. The van der Waals surface area contributed by atoms with Crippen LogP contribution in [0.1, 0.15) is 53.5 Å². The number of carbonyl (C=O) groups excluding carboxylic acids is 1. The summed E-state index contributed by atoms with van der Waals surface area (Å²) in [6.45, 7) is 13.1. The molecule has 184 valence electrons. The zero-order valence-corrected chi connectivity index (χ0v) is 22.6. The molecule has 0 aliphatic heterocycles. The smallest absolute Gasteiger partial charge is 0.435 e. The highest BCUT2D eigenvalue weighted by atomic mass is 28.4. The van der Waals surface area contributed by atoms with Gasteiger partial charge in [-0.25, -0.2) is 4.79 Å². The number of hydrogen-bond donors (Lipinski definition) is 0. The predicted octanol–water partition coefficient (Wildman–Crippen LogP) is 5.65. The summed E-state index contributed by atoms with van der Waals surface area (Å²) in [6, 6.07) is 21.5. The van der Waals surface area contributed by atoms with Crippen LogP contribution in [0, 0.1) is 5.92 Å². The second-order valence-electron chi connectivity index (χ2n) is 11.3. The molecule has 3 aromatic rings. The molecule has 1 aliphatic carbocycles. The van der Waals surface area contributed by atoms with Gasteiger partial charge in [-0.3, -0.25) is 0 Å². The molecular weight excluding hydrogens is 452 g/mol. The van der Waals surface area contributed by atoms with E-state index in [1.807, 2.05) is 20.8 Å². The van der Waals surface area contributed by atoms with Crippen molar-refractivity contribution >= 4 is 30.9 Å². The highest BCUT2D eigenvalue weighted by Gasteiger charge is 2.51. The van der Waals surface area contributed by atoms with Crippen molar-refractivity contribution < 1.29 is 14.0 Å². The van der Waals surface area contributed by atoms with Gasteiger partial charge in [0.05, 0.1) is 6.20 Å². The summed E-state index contributed by atoms with van der Waals surface area (Å²) in [5.41, 5.74) is 1.67. The van der Waals surface area contributed by atoms with Gasteiger partial charge < -0.3 is 9.16 Å². The Morgan fingerprint density at radius 1 is 1.00 bits per heavy atom. The lowest BCUT2D eigenvalue weighted by atomic mass is 10.2. The molecule has 0 unspecified atom stereocenters. The van der Waals surface area contributed by atoms with E-state index in [2.05, 4.69) is 92.6 Å². The van der Waals surface area contributed by atoms with Crippen molar-refractivity contribution in [2.75, 3.05) is 6.61 Å². The van der Waals surface area contributed by atoms with Crippen molar-refractivity contribution in [3.8, 4) is 0 Å². The quantitative estimate of drug-likeness (QED) is 0.421. The second kappa shape index (κ2) is 9.59. The number of benzene rings is 2. The molecule has 1 aromatic heterocycles. The number of ether oxygens (including phenoxy) is 1. The van der Waals surface area contributed by atoms with Gasteiger partial charge in [0.15, 0.2) is 0 Å². The topological polar surface area (TPSA) is 53.4 Å². The van der Waals surface area contributed by atoms with E-state index in [-0.39, 0.29) is 5.04 Å². The van der Waals surface area contributed by atoms with E-state index in [0.717, 1.165) is 12.0 Å². The van der Waals surface area contributed by atoms with E-state index in [1.54, 1.807) is 12.4 Å². The molecule has 2 aromatic carbocycles. The molecule has 0 saturated heterocycles. The third-order valence-corrected chi connectivity index (χ3v) is 11.3. The average Bonchev–Trinajstić information content (AvgIpc) is 3.34. The lowest BCUT2D eigenvalue weighted by Gasteiger charge is -2.43. The van der Waals surface area contributed by atoms with Crippen LogP contribution in [0.15, 0.2) is 78.6 Å². The lowest BCUT2D eigenvalue weighted by Crippen LogP contribution is -2.66. The first kappa shape index (κ1) is 25.1. The first-order valence-corrected chi connectivity index (χ1v) is 14.1. The van der Waals surface area contributed by atoms with Gasteiger partial charge in [0.25, 0.3) is 8.32 Å². The highest BCUT2D eigenvalue weighted by Crippen LogP contribution is 2.42. The molecule has 1 heterocycles. The Labute approximate surface area is 209 Å². The van der Waals surface area contributed by atoms with Gasteiger partial charge in [0.1, 0.15) is 5.60 Å². The van der Waals surface area contributed by atoms with Crippen LogP contribution in [-0.4, -0.2) is 36.4 Å². The normalized spacial score (nSPS) is 17.4. The van der Waals surface area contributed by atoms with Gasteiger partial charge in [0.2, 0.25) is 0 Å². The highest BCUT2D eigenvalue weighted by molar-refractivity contribution is 6.99. The van der Waals surface area contributed by atoms with Gasteiger partial charge in [-0.15, -0.1) is 0 Å². The van der Waals surface area contributed by atoms with Gasteiger partial charge in [0, 0.05) is 24.3 Å². The number of aromatic nitrogens is 2. The molecule has 0 N–H and O–H groups in total. The SMILES string of the molecule is CC(C)(C)OC(=O)n1cc(/C=C2/C[C@H]2CO[Si](c2ccccc2)(c2ccccc2)C(C)(C)C)cn1. The van der Waals surface area contributed by atoms with Gasteiger partial charge in [-0.1, -0.05) is 93.1 Å². The Morgan fingerprint density at radius 2 is 1.57 bits per heavy atom. The van der Waals surface area contributed by atoms with E-state index in [1.165, 1.54) is 20.6 Å². The molecule has 1 fully saturated rings. The first-order chi connectivity index (χ1) is 16.5. The second-order valence-corrected chi connectivity index (χ2v) is 15.6. The van der Waals surface area contributed by atoms with Gasteiger partial charge in [-0.2, -0.15) is 9.78 Å². The molecule has 0 amide bonds. The van der Waals surface area contributed by atoms with Crippen molar-refractivity contribution in [2.24, 2.45) is 5.92 Å². The van der Waals surface area contributed by atoms with Crippen molar-refractivity contribution in [1.29, 1.82) is 0 Å². The molecule has 0 spiro atoms. The number of carbonyl (C=O) groups is 1. The average molecular weight is 489 g/mol. The third-order valence-electron chi connectivity index (χ3n) is 6.30. The van der Waals surface area contributed by atoms with Crippen LogP contribution in [0.5, 0.6) is 0 Å². The summed E-state index contributed by atoms with van der Waals surface area (Å²) in [6.07, 6.45) is 6.07. The van der Waals surface area contributed by atoms with E-state index in [0.29, 0.717) is 12.5 Å². The molecule has 1 aliphatic rings. The molecule has 1 saturated carbocycles. The van der Waals surface area contributed by atoms with Crippen LogP contribution in [0.4, 0.5) is 4.79 Å². The fraction of sp³-hybridized carbons (Fsp3) is 0.379. The van der Waals surface area contributed by atoms with Crippen molar-refractivity contribution in [2.45, 2.75) is 58.6 Å². The molecule has 6 heteroatoms. The van der Waals surface area contributed by atoms with Crippen LogP contribution in [0.2, 0.25) is 5.04 Å². The standard InChI is InChI=1S/C29H36N2O3Si/c1-28(2,3)34-27(32)31-20-22(19-30-31)17-23-18-24(23)21-33-35(29(4,5)6,25-13-9-7-10-14-25)26-15-11-8-12-16-26/h7-17,19-20,24H,18,21H2,1-6H3/b23-17-/t24-/m0/s1. The number of hydrogen-bond acceptors (Lipinski definition) is 4. The van der Waals surface area contributed by atoms with Crippen LogP contribution in [0.3, 0.4) is 0 Å². The summed E-state index contributed by atoms with van der Waals surface area (Å²) >= 11 is 0. The maximum atomic E-state index is 12.3. The van der Waals surface area contributed by atoms with Crippen molar-refractivity contribution in [3.05, 3.63) is 84.2 Å². The van der Waals surface area contributed by atoms with E-state index in [4.69, 9.17) is 9.16 Å². The number of rotatable bonds is 6. The third kappa shape index (κ3) is 5.65. The van der Waals surface area contributed by atoms with Crippen LogP contribution in [0.25, 0.3) is 6.08 Å². The van der Waals surface area contributed by atoms with Gasteiger partial charge in [-0.05, 0) is 42.6 Å². The Morgan fingerprint density at radius 3 is 2.09 bits per heavy atom. The Bertz CT molecular complexity index is 1150. The Balaban J connectivity index is 1.53.